The van der Waals surface area contributed by atoms with Crippen molar-refractivity contribution in [1.82, 2.24) is 10.6 Å². The Hall–Kier alpha value is -3.14. The molecule has 6 nitrogen and oxygen atoms in total. The Morgan fingerprint density at radius 3 is 2.42 bits per heavy atom. The van der Waals surface area contributed by atoms with Gasteiger partial charge in [-0.2, -0.15) is 0 Å². The van der Waals surface area contributed by atoms with Crippen LogP contribution in [0.2, 0.25) is 0 Å². The molecule has 0 bridgehead atoms. The number of aliphatic hydroxyl groups excluding tert-OH is 1. The predicted octanol–water partition coefficient (Wildman–Crippen LogP) is 3.91. The second kappa shape index (κ2) is 14.7. The van der Waals surface area contributed by atoms with Crippen molar-refractivity contribution in [2.75, 3.05) is 19.4 Å². The lowest BCUT2D eigenvalue weighted by atomic mass is 10.0. The minimum Gasteiger partial charge on any atom is -0.497 e. The fraction of sp³-hybridized carbons (Fsp3) is 0.345. The smallest absolute Gasteiger partial charge is 0.221 e. The number of ether oxygens (including phenoxy) is 1. The molecule has 3 aromatic rings. The molecular formula is C29H34F2N2O4S. The van der Waals surface area contributed by atoms with E-state index in [-0.39, 0.29) is 25.1 Å². The monoisotopic (exact) mass is 544 g/mol. The van der Waals surface area contributed by atoms with E-state index in [4.69, 9.17) is 4.74 Å². The van der Waals surface area contributed by atoms with E-state index in [2.05, 4.69) is 23.6 Å². The lowest BCUT2D eigenvalue weighted by Gasteiger charge is -2.25. The zero-order valence-electron chi connectivity index (χ0n) is 21.6. The van der Waals surface area contributed by atoms with E-state index in [1.54, 1.807) is 24.3 Å². The molecule has 0 saturated carbocycles. The van der Waals surface area contributed by atoms with Gasteiger partial charge in [0.25, 0.3) is 0 Å². The number of hydrogen-bond donors (Lipinski definition) is 3. The molecule has 9 heteroatoms. The van der Waals surface area contributed by atoms with Crippen molar-refractivity contribution in [2.24, 2.45) is 0 Å². The number of nitrogens with one attached hydrogen (secondary N) is 2. The summed E-state index contributed by atoms with van der Waals surface area (Å²) in [5.74, 6) is -1.25. The summed E-state index contributed by atoms with van der Waals surface area (Å²) in [4.78, 5) is 13.3. The van der Waals surface area contributed by atoms with Gasteiger partial charge in [0, 0.05) is 36.2 Å². The van der Waals surface area contributed by atoms with Gasteiger partial charge in [0.2, 0.25) is 5.91 Å². The average Bonchev–Trinajstić information content (AvgIpc) is 2.90. The lowest BCUT2D eigenvalue weighted by Crippen LogP contribution is -2.48. The topological polar surface area (TPSA) is 87.7 Å². The molecule has 0 fully saturated rings. The molecule has 3 aromatic carbocycles. The van der Waals surface area contributed by atoms with Crippen LogP contribution >= 0.6 is 0 Å². The number of benzene rings is 3. The first-order valence-corrected chi connectivity index (χ1v) is 13.8. The molecule has 0 heterocycles. The standard InChI is InChI=1S/C29H34F2N2O4S/c1-3-20-6-4-7-21(12-20)18-32-19-28(34)27(15-22-13-23(30)16-24(31)14-22)33-29(35)10-11-38(36)26-9-5-8-25(17-26)37-2/h4-9,12-14,16-17,27-28,32,34H,3,10-11,15,18-19H2,1-2H3,(H,33,35)/t27-,28+,38?/m0/s1. The first-order chi connectivity index (χ1) is 18.3. The van der Waals surface area contributed by atoms with Gasteiger partial charge in [0.05, 0.1) is 30.1 Å². The molecule has 0 aliphatic carbocycles. The summed E-state index contributed by atoms with van der Waals surface area (Å²) in [6.45, 7) is 2.74. The van der Waals surface area contributed by atoms with Crippen LogP contribution in [0.25, 0.3) is 0 Å². The van der Waals surface area contributed by atoms with Crippen molar-refractivity contribution in [3.8, 4) is 5.75 Å². The van der Waals surface area contributed by atoms with Crippen LogP contribution in [0.3, 0.4) is 0 Å². The number of carbonyl (C=O) groups is 1. The van der Waals surface area contributed by atoms with Gasteiger partial charge >= 0.3 is 0 Å². The van der Waals surface area contributed by atoms with Gasteiger partial charge in [-0.25, -0.2) is 8.78 Å². The summed E-state index contributed by atoms with van der Waals surface area (Å²) in [5, 5.41) is 16.9. The second-order valence-electron chi connectivity index (χ2n) is 9.01. The number of carbonyl (C=O) groups excluding carboxylic acids is 1. The molecule has 0 spiro atoms. The van der Waals surface area contributed by atoms with Crippen LogP contribution in [0, 0.1) is 11.6 Å². The van der Waals surface area contributed by atoms with E-state index in [0.717, 1.165) is 18.1 Å². The number of halogens is 2. The lowest BCUT2D eigenvalue weighted by molar-refractivity contribution is -0.122. The molecule has 0 aliphatic heterocycles. The SMILES string of the molecule is CCc1cccc(CNC[C@@H](O)[C@H](Cc2cc(F)cc(F)c2)NC(=O)CCS(=O)c2cccc(OC)c2)c1. The van der Waals surface area contributed by atoms with Crippen molar-refractivity contribution >= 4 is 16.7 Å². The van der Waals surface area contributed by atoms with Crippen LogP contribution < -0.4 is 15.4 Å². The Morgan fingerprint density at radius 1 is 1.00 bits per heavy atom. The average molecular weight is 545 g/mol. The van der Waals surface area contributed by atoms with E-state index < -0.39 is 40.5 Å². The fourth-order valence-electron chi connectivity index (χ4n) is 4.06. The molecule has 1 unspecified atom stereocenters. The third-order valence-corrected chi connectivity index (χ3v) is 7.44. The van der Waals surface area contributed by atoms with Gasteiger partial charge in [-0.3, -0.25) is 9.00 Å². The highest BCUT2D eigenvalue weighted by atomic mass is 32.2. The van der Waals surface area contributed by atoms with Gasteiger partial charge in [-0.15, -0.1) is 0 Å². The van der Waals surface area contributed by atoms with Crippen LogP contribution in [-0.2, 0) is 35.0 Å². The van der Waals surface area contributed by atoms with Crippen molar-refractivity contribution in [2.45, 2.75) is 49.8 Å². The Bertz CT molecular complexity index is 1220. The predicted molar refractivity (Wildman–Crippen MR) is 144 cm³/mol. The molecule has 1 amide bonds. The fourth-order valence-corrected chi connectivity index (χ4v) is 5.14. The zero-order valence-corrected chi connectivity index (χ0v) is 22.4. The summed E-state index contributed by atoms with van der Waals surface area (Å²) in [6.07, 6.45) is -0.157. The summed E-state index contributed by atoms with van der Waals surface area (Å²) in [5.41, 5.74) is 2.57. The Labute approximate surface area is 224 Å². The Morgan fingerprint density at radius 2 is 1.71 bits per heavy atom. The van der Waals surface area contributed by atoms with Gasteiger partial charge in [-0.05, 0) is 59.9 Å². The molecule has 0 radical (unpaired) electrons. The van der Waals surface area contributed by atoms with Gasteiger partial charge in [-0.1, -0.05) is 37.3 Å². The van der Waals surface area contributed by atoms with E-state index in [9.17, 15) is 22.9 Å². The van der Waals surface area contributed by atoms with Gasteiger partial charge < -0.3 is 20.5 Å². The van der Waals surface area contributed by atoms with Gasteiger partial charge in [0.1, 0.15) is 17.4 Å². The van der Waals surface area contributed by atoms with Crippen molar-refractivity contribution in [3.63, 3.8) is 0 Å². The second-order valence-corrected chi connectivity index (χ2v) is 10.6. The van der Waals surface area contributed by atoms with Crippen molar-refractivity contribution < 1.29 is 27.6 Å². The highest BCUT2D eigenvalue weighted by molar-refractivity contribution is 7.85. The summed E-state index contributed by atoms with van der Waals surface area (Å²) in [6, 6.07) is 17.2. The van der Waals surface area contributed by atoms with Gasteiger partial charge in [0.15, 0.2) is 0 Å². The minimum absolute atomic E-state index is 0.0214. The third kappa shape index (κ3) is 9.31. The van der Waals surface area contributed by atoms with Crippen LogP contribution in [0.5, 0.6) is 5.75 Å². The van der Waals surface area contributed by atoms with E-state index in [1.807, 2.05) is 18.2 Å². The molecule has 3 rings (SSSR count). The molecule has 38 heavy (non-hydrogen) atoms. The molecule has 0 aliphatic rings. The first kappa shape index (κ1) is 29.4. The summed E-state index contributed by atoms with van der Waals surface area (Å²) >= 11 is 0. The maximum Gasteiger partial charge on any atom is 0.221 e. The normalized spacial score (nSPS) is 13.5. The molecule has 204 valence electrons. The highest BCUT2D eigenvalue weighted by Gasteiger charge is 2.23. The number of aryl methyl sites for hydroxylation is 1. The van der Waals surface area contributed by atoms with Crippen molar-refractivity contribution in [3.05, 3.63) is 95.1 Å². The van der Waals surface area contributed by atoms with Crippen LogP contribution in [0.15, 0.2) is 71.6 Å². The molecule has 0 saturated heterocycles. The molecule has 3 atom stereocenters. The number of amides is 1. The van der Waals surface area contributed by atoms with Crippen LogP contribution in [-0.4, -0.2) is 46.8 Å². The van der Waals surface area contributed by atoms with Crippen molar-refractivity contribution in [1.29, 1.82) is 0 Å². The summed E-state index contributed by atoms with van der Waals surface area (Å²) in [7, 11) is 0.0871. The highest BCUT2D eigenvalue weighted by Crippen LogP contribution is 2.17. The maximum absolute atomic E-state index is 13.8. The first-order valence-electron chi connectivity index (χ1n) is 12.5. The van der Waals surface area contributed by atoms with Crippen LogP contribution in [0.1, 0.15) is 30.0 Å². The van der Waals surface area contributed by atoms with E-state index >= 15 is 0 Å². The maximum atomic E-state index is 13.8. The molecule has 0 aromatic heterocycles. The Balaban J connectivity index is 1.62. The van der Waals surface area contributed by atoms with E-state index in [0.29, 0.717) is 22.8 Å². The third-order valence-electron chi connectivity index (χ3n) is 6.09. The van der Waals surface area contributed by atoms with Crippen LogP contribution in [0.4, 0.5) is 8.78 Å². The number of hydrogen-bond acceptors (Lipinski definition) is 5. The largest absolute Gasteiger partial charge is 0.497 e. The quantitative estimate of drug-likeness (QED) is 0.287. The number of rotatable bonds is 14. The Kier molecular flexibility index (Phi) is 11.4. The minimum atomic E-state index is -1.43. The summed E-state index contributed by atoms with van der Waals surface area (Å²) < 4.78 is 45.4. The zero-order chi connectivity index (χ0) is 27.5. The number of aliphatic hydroxyl groups is 1. The molecule has 3 N–H and O–H groups in total. The molecular weight excluding hydrogens is 510 g/mol. The van der Waals surface area contributed by atoms with E-state index in [1.165, 1.54) is 24.8 Å². The number of methoxy groups -OCH3 is 1.